The van der Waals surface area contributed by atoms with E-state index in [0.717, 1.165) is 0 Å². The molecule has 0 aliphatic carbocycles. The zero-order chi connectivity index (χ0) is 12.7. The Kier molecular flexibility index (Phi) is 6.72. The molecule has 0 aliphatic heterocycles. The fraction of sp³-hybridized carbons (Fsp3) is 0.818. The third-order valence-corrected chi connectivity index (χ3v) is 2.28. The van der Waals surface area contributed by atoms with Crippen LogP contribution < -0.4 is 5.32 Å². The summed E-state index contributed by atoms with van der Waals surface area (Å²) in [7, 11) is 0. The largest absolute Gasteiger partial charge is 0.480 e. The second kappa shape index (κ2) is 7.22. The van der Waals surface area contributed by atoms with Crippen LogP contribution in [-0.4, -0.2) is 34.2 Å². The van der Waals surface area contributed by atoms with Gasteiger partial charge in [-0.1, -0.05) is 27.2 Å². The van der Waals surface area contributed by atoms with E-state index in [1.807, 2.05) is 20.8 Å². The lowest BCUT2D eigenvalue weighted by atomic mass is 10.0. The van der Waals surface area contributed by atoms with Gasteiger partial charge in [0.2, 0.25) is 0 Å². The normalized spacial score (nSPS) is 14.8. The van der Waals surface area contributed by atoms with Crippen LogP contribution in [0.2, 0.25) is 0 Å². The van der Waals surface area contributed by atoms with Crippen LogP contribution in [-0.2, 0) is 9.59 Å². The highest BCUT2D eigenvalue weighted by molar-refractivity contribution is 5.77. The summed E-state index contributed by atoms with van der Waals surface area (Å²) in [5.74, 6) is -1.77. The summed E-state index contributed by atoms with van der Waals surface area (Å²) in [6.45, 7) is 5.69. The first-order valence-corrected chi connectivity index (χ1v) is 5.60. The van der Waals surface area contributed by atoms with E-state index < -0.39 is 24.0 Å². The second-order valence-corrected chi connectivity index (χ2v) is 4.37. The van der Waals surface area contributed by atoms with Crippen molar-refractivity contribution < 1.29 is 19.8 Å². The number of hydrogen-bond donors (Lipinski definition) is 3. The Hall–Kier alpha value is -1.10. The smallest absolute Gasteiger partial charge is 0.320 e. The second-order valence-electron chi connectivity index (χ2n) is 4.37. The van der Waals surface area contributed by atoms with Gasteiger partial charge in [0.15, 0.2) is 0 Å². The minimum atomic E-state index is -0.990. The maximum absolute atomic E-state index is 10.9. The Morgan fingerprint density at radius 1 is 1.12 bits per heavy atom. The molecular weight excluding hydrogens is 210 g/mol. The Balaban J connectivity index is 4.44. The zero-order valence-electron chi connectivity index (χ0n) is 10.1. The van der Waals surface area contributed by atoms with Crippen LogP contribution in [0.15, 0.2) is 0 Å². The summed E-state index contributed by atoms with van der Waals surface area (Å²) in [6, 6.07) is -1.56. The first kappa shape index (κ1) is 14.9. The molecule has 2 atom stereocenters. The van der Waals surface area contributed by atoms with Crippen molar-refractivity contribution in [2.24, 2.45) is 5.92 Å². The van der Waals surface area contributed by atoms with E-state index in [4.69, 9.17) is 10.2 Å². The molecule has 1 unspecified atom stereocenters. The molecule has 5 nitrogen and oxygen atoms in total. The SMILES string of the molecule is CCCC(N[C@@H](CC(C)C)C(=O)O)C(=O)O. The van der Waals surface area contributed by atoms with E-state index in [1.165, 1.54) is 0 Å². The number of carboxylic acid groups (broad SMARTS) is 2. The predicted molar refractivity (Wildman–Crippen MR) is 60.3 cm³/mol. The highest BCUT2D eigenvalue weighted by Gasteiger charge is 2.25. The first-order valence-electron chi connectivity index (χ1n) is 5.60. The number of carbonyl (C=O) groups is 2. The minimum Gasteiger partial charge on any atom is -0.480 e. The van der Waals surface area contributed by atoms with Crippen molar-refractivity contribution in [2.45, 2.75) is 52.1 Å². The van der Waals surface area contributed by atoms with Gasteiger partial charge in [-0.25, -0.2) is 0 Å². The Morgan fingerprint density at radius 3 is 1.94 bits per heavy atom. The maximum Gasteiger partial charge on any atom is 0.320 e. The quantitative estimate of drug-likeness (QED) is 0.586. The lowest BCUT2D eigenvalue weighted by Crippen LogP contribution is -2.47. The molecule has 0 aromatic rings. The number of nitrogens with one attached hydrogen (secondary N) is 1. The summed E-state index contributed by atoms with van der Waals surface area (Å²) in [5.41, 5.74) is 0. The van der Waals surface area contributed by atoms with E-state index in [0.29, 0.717) is 19.3 Å². The number of carboxylic acids is 2. The van der Waals surface area contributed by atoms with Gasteiger partial charge in [-0.15, -0.1) is 0 Å². The number of hydrogen-bond acceptors (Lipinski definition) is 3. The summed E-state index contributed by atoms with van der Waals surface area (Å²) in [5, 5.41) is 20.6. The van der Waals surface area contributed by atoms with Crippen molar-refractivity contribution in [1.82, 2.24) is 5.32 Å². The standard InChI is InChI=1S/C11H21NO4/c1-4-5-8(10(13)14)12-9(11(15)16)6-7(2)3/h7-9,12H,4-6H2,1-3H3,(H,13,14)(H,15,16)/t8?,9-/m0/s1. The fourth-order valence-electron chi connectivity index (χ4n) is 1.52. The molecule has 0 heterocycles. The molecule has 0 bridgehead atoms. The molecule has 94 valence electrons. The topological polar surface area (TPSA) is 86.6 Å². The van der Waals surface area contributed by atoms with E-state index in [1.54, 1.807) is 0 Å². The van der Waals surface area contributed by atoms with Gasteiger partial charge in [0, 0.05) is 0 Å². The third kappa shape index (κ3) is 5.70. The van der Waals surface area contributed by atoms with Crippen LogP contribution in [0.4, 0.5) is 0 Å². The molecule has 0 spiro atoms. The highest BCUT2D eigenvalue weighted by atomic mass is 16.4. The molecule has 0 aliphatic rings. The van der Waals surface area contributed by atoms with Crippen molar-refractivity contribution >= 4 is 11.9 Å². The first-order chi connectivity index (χ1) is 7.38. The van der Waals surface area contributed by atoms with Crippen LogP contribution in [0.1, 0.15) is 40.0 Å². The van der Waals surface area contributed by atoms with Gasteiger partial charge in [-0.05, 0) is 18.8 Å². The zero-order valence-corrected chi connectivity index (χ0v) is 10.1. The lowest BCUT2D eigenvalue weighted by molar-refractivity contribution is -0.143. The molecule has 0 rings (SSSR count). The number of rotatable bonds is 8. The maximum atomic E-state index is 10.9. The van der Waals surface area contributed by atoms with Gasteiger partial charge in [0.25, 0.3) is 0 Å². The Labute approximate surface area is 95.9 Å². The van der Waals surface area contributed by atoms with Gasteiger partial charge in [0.1, 0.15) is 12.1 Å². The molecule has 3 N–H and O–H groups in total. The average Bonchev–Trinajstić information content (AvgIpc) is 2.14. The molecule has 16 heavy (non-hydrogen) atoms. The van der Waals surface area contributed by atoms with Crippen molar-refractivity contribution in [2.75, 3.05) is 0 Å². The molecule has 5 heteroatoms. The summed E-state index contributed by atoms with van der Waals surface area (Å²) >= 11 is 0. The predicted octanol–water partition coefficient (Wildman–Crippen LogP) is 1.33. The van der Waals surface area contributed by atoms with Crippen LogP contribution >= 0.6 is 0 Å². The van der Waals surface area contributed by atoms with Crippen molar-refractivity contribution in [3.05, 3.63) is 0 Å². The Bertz CT molecular complexity index is 240. The van der Waals surface area contributed by atoms with Crippen LogP contribution in [0.5, 0.6) is 0 Å². The highest BCUT2D eigenvalue weighted by Crippen LogP contribution is 2.08. The lowest BCUT2D eigenvalue weighted by Gasteiger charge is -2.21. The van der Waals surface area contributed by atoms with Gasteiger partial charge in [0.05, 0.1) is 0 Å². The van der Waals surface area contributed by atoms with Gasteiger partial charge in [-0.3, -0.25) is 14.9 Å². The molecule has 0 radical (unpaired) electrons. The molecule has 0 amide bonds. The monoisotopic (exact) mass is 231 g/mol. The molecule has 0 fully saturated rings. The van der Waals surface area contributed by atoms with Gasteiger partial charge in [-0.2, -0.15) is 0 Å². The Morgan fingerprint density at radius 2 is 1.62 bits per heavy atom. The summed E-state index contributed by atoms with van der Waals surface area (Å²) in [6.07, 6.45) is 1.58. The fourth-order valence-corrected chi connectivity index (χ4v) is 1.52. The molecule has 0 aromatic heterocycles. The molecule has 0 saturated heterocycles. The van der Waals surface area contributed by atoms with E-state index in [-0.39, 0.29) is 5.92 Å². The van der Waals surface area contributed by atoms with Crippen LogP contribution in [0.3, 0.4) is 0 Å². The molecule has 0 saturated carbocycles. The van der Waals surface area contributed by atoms with Crippen molar-refractivity contribution in [3.8, 4) is 0 Å². The number of aliphatic carboxylic acids is 2. The van der Waals surface area contributed by atoms with Crippen LogP contribution in [0, 0.1) is 5.92 Å². The van der Waals surface area contributed by atoms with Gasteiger partial charge >= 0.3 is 11.9 Å². The minimum absolute atomic E-state index is 0.213. The van der Waals surface area contributed by atoms with E-state index in [2.05, 4.69) is 5.32 Å². The summed E-state index contributed by atoms with van der Waals surface area (Å²) in [4.78, 5) is 21.8. The summed E-state index contributed by atoms with van der Waals surface area (Å²) < 4.78 is 0. The molecule has 0 aromatic carbocycles. The average molecular weight is 231 g/mol. The van der Waals surface area contributed by atoms with Crippen molar-refractivity contribution in [3.63, 3.8) is 0 Å². The van der Waals surface area contributed by atoms with Crippen LogP contribution in [0.25, 0.3) is 0 Å². The van der Waals surface area contributed by atoms with Gasteiger partial charge < -0.3 is 10.2 Å². The van der Waals surface area contributed by atoms with E-state index >= 15 is 0 Å². The third-order valence-electron chi connectivity index (χ3n) is 2.28. The van der Waals surface area contributed by atoms with Crippen molar-refractivity contribution in [1.29, 1.82) is 0 Å². The molecular formula is C11H21NO4. The van der Waals surface area contributed by atoms with E-state index in [9.17, 15) is 9.59 Å².